The van der Waals surface area contributed by atoms with E-state index in [4.69, 9.17) is 4.52 Å². The number of hydrogen-bond acceptors (Lipinski definition) is 5. The molecule has 0 bridgehead atoms. The molecule has 7 nitrogen and oxygen atoms in total. The van der Waals surface area contributed by atoms with Crippen molar-refractivity contribution in [3.05, 3.63) is 53.7 Å². The summed E-state index contributed by atoms with van der Waals surface area (Å²) in [6, 6.07) is 8.08. The van der Waals surface area contributed by atoms with E-state index in [2.05, 4.69) is 25.2 Å². The summed E-state index contributed by atoms with van der Waals surface area (Å²) in [6.45, 7) is 0. The third-order valence-corrected chi connectivity index (χ3v) is 5.31. The van der Waals surface area contributed by atoms with Gasteiger partial charge in [-0.2, -0.15) is 10.1 Å². The summed E-state index contributed by atoms with van der Waals surface area (Å²) >= 11 is 0. The maximum absolute atomic E-state index is 13.2. The third kappa shape index (κ3) is 2.69. The lowest BCUT2D eigenvalue weighted by atomic mass is 9.91. The fourth-order valence-corrected chi connectivity index (χ4v) is 3.83. The van der Waals surface area contributed by atoms with Gasteiger partial charge in [-0.1, -0.05) is 17.3 Å². The Morgan fingerprint density at radius 2 is 2.00 bits per heavy atom. The molecular formula is C19H19N5O2. The standard InChI is InChI=1S/C19H19N5O2/c25-19(13-3-1-12(2-4-13)18-20-11-26-23-18)24(15-5-6-15)16-7-8-17-14(9-16)10-21-22-17/h1-4,10-11,15-16H,5-9H2,(H,21,22). The first-order chi connectivity index (χ1) is 12.8. The Hall–Kier alpha value is -2.96. The summed E-state index contributed by atoms with van der Waals surface area (Å²) in [5, 5.41) is 11.1. The molecular weight excluding hydrogens is 330 g/mol. The Balaban J connectivity index is 1.39. The number of aromatic nitrogens is 4. The SMILES string of the molecule is O=C(c1ccc(-c2ncon2)cc1)N(C1CC1)C1CCc2[nH]ncc2C1. The van der Waals surface area contributed by atoms with Crippen LogP contribution in [0.15, 0.2) is 41.4 Å². The molecule has 3 aromatic rings. The van der Waals surface area contributed by atoms with Crippen LogP contribution < -0.4 is 0 Å². The van der Waals surface area contributed by atoms with Crippen molar-refractivity contribution in [3.8, 4) is 11.4 Å². The first-order valence-electron chi connectivity index (χ1n) is 9.00. The predicted octanol–water partition coefficient (Wildman–Crippen LogP) is 2.62. The second-order valence-corrected chi connectivity index (χ2v) is 7.05. The average Bonchev–Trinajstić information content (AvgIpc) is 3.17. The normalized spacial score (nSPS) is 19.2. The molecule has 0 radical (unpaired) electrons. The van der Waals surface area contributed by atoms with Gasteiger partial charge in [0.25, 0.3) is 5.91 Å². The number of benzene rings is 1. The molecule has 26 heavy (non-hydrogen) atoms. The average molecular weight is 349 g/mol. The highest BCUT2D eigenvalue weighted by Gasteiger charge is 2.39. The molecule has 5 rings (SSSR count). The zero-order valence-electron chi connectivity index (χ0n) is 14.3. The van der Waals surface area contributed by atoms with Gasteiger partial charge in [0, 0.05) is 28.9 Å². The fraction of sp³-hybridized carbons (Fsp3) is 0.368. The van der Waals surface area contributed by atoms with Crippen molar-refractivity contribution in [1.82, 2.24) is 25.2 Å². The van der Waals surface area contributed by atoms with Gasteiger partial charge in [0.2, 0.25) is 12.2 Å². The van der Waals surface area contributed by atoms with Crippen molar-refractivity contribution in [2.24, 2.45) is 0 Å². The molecule has 2 aliphatic carbocycles. The van der Waals surface area contributed by atoms with Crippen LogP contribution in [0.2, 0.25) is 0 Å². The number of amides is 1. The maximum atomic E-state index is 13.2. The van der Waals surface area contributed by atoms with E-state index in [0.29, 0.717) is 17.4 Å². The van der Waals surface area contributed by atoms with Crippen molar-refractivity contribution in [2.75, 3.05) is 0 Å². The van der Waals surface area contributed by atoms with Gasteiger partial charge in [-0.05, 0) is 49.8 Å². The lowest BCUT2D eigenvalue weighted by molar-refractivity contribution is 0.0643. The van der Waals surface area contributed by atoms with Gasteiger partial charge >= 0.3 is 0 Å². The Morgan fingerprint density at radius 3 is 2.73 bits per heavy atom. The molecule has 1 saturated carbocycles. The highest BCUT2D eigenvalue weighted by Crippen LogP contribution is 2.34. The van der Waals surface area contributed by atoms with E-state index in [0.717, 1.165) is 37.7 Å². The lowest BCUT2D eigenvalue weighted by Gasteiger charge is -2.34. The Morgan fingerprint density at radius 1 is 1.15 bits per heavy atom. The number of rotatable bonds is 4. The molecule has 0 saturated heterocycles. The van der Waals surface area contributed by atoms with Gasteiger partial charge in [0.1, 0.15) is 0 Å². The molecule has 1 unspecified atom stereocenters. The fourth-order valence-electron chi connectivity index (χ4n) is 3.83. The monoisotopic (exact) mass is 349 g/mol. The zero-order chi connectivity index (χ0) is 17.5. The van der Waals surface area contributed by atoms with Crippen LogP contribution in [0.1, 0.15) is 40.9 Å². The molecule has 2 heterocycles. The van der Waals surface area contributed by atoms with Crippen LogP contribution in [-0.4, -0.2) is 43.2 Å². The second-order valence-electron chi connectivity index (χ2n) is 7.05. The summed E-state index contributed by atoms with van der Waals surface area (Å²) in [5.74, 6) is 0.645. The molecule has 7 heteroatoms. The van der Waals surface area contributed by atoms with Gasteiger partial charge < -0.3 is 9.42 Å². The Kier molecular flexibility index (Phi) is 3.58. The minimum atomic E-state index is 0.115. The highest BCUT2D eigenvalue weighted by molar-refractivity contribution is 5.95. The molecule has 1 N–H and O–H groups in total. The van der Waals surface area contributed by atoms with Crippen LogP contribution in [0.5, 0.6) is 0 Å². The van der Waals surface area contributed by atoms with Crippen molar-refractivity contribution >= 4 is 5.91 Å². The van der Waals surface area contributed by atoms with E-state index in [-0.39, 0.29) is 11.9 Å². The van der Waals surface area contributed by atoms with E-state index in [9.17, 15) is 4.79 Å². The minimum Gasteiger partial charge on any atom is -0.342 e. The van der Waals surface area contributed by atoms with Crippen LogP contribution >= 0.6 is 0 Å². The van der Waals surface area contributed by atoms with Crippen LogP contribution in [0.4, 0.5) is 0 Å². The van der Waals surface area contributed by atoms with Gasteiger partial charge in [-0.3, -0.25) is 9.89 Å². The molecule has 1 atom stereocenters. The van der Waals surface area contributed by atoms with Crippen molar-refractivity contribution in [1.29, 1.82) is 0 Å². The van der Waals surface area contributed by atoms with Crippen LogP contribution in [0.25, 0.3) is 11.4 Å². The quantitative estimate of drug-likeness (QED) is 0.782. The number of nitrogens with one attached hydrogen (secondary N) is 1. The van der Waals surface area contributed by atoms with Crippen molar-refractivity contribution in [2.45, 2.75) is 44.2 Å². The van der Waals surface area contributed by atoms with Crippen molar-refractivity contribution < 1.29 is 9.32 Å². The maximum Gasteiger partial charge on any atom is 0.254 e. The van der Waals surface area contributed by atoms with Crippen LogP contribution in [0, 0.1) is 0 Å². The second kappa shape index (κ2) is 6.09. The van der Waals surface area contributed by atoms with E-state index in [1.165, 1.54) is 17.7 Å². The third-order valence-electron chi connectivity index (χ3n) is 5.31. The largest absolute Gasteiger partial charge is 0.342 e. The topological polar surface area (TPSA) is 87.9 Å². The van der Waals surface area contributed by atoms with E-state index in [1.54, 1.807) is 0 Å². The summed E-state index contributed by atoms with van der Waals surface area (Å²) in [5.41, 5.74) is 4.01. The number of carbonyl (C=O) groups is 1. The molecule has 2 aromatic heterocycles. The molecule has 1 amide bonds. The highest BCUT2D eigenvalue weighted by atomic mass is 16.5. The lowest BCUT2D eigenvalue weighted by Crippen LogP contribution is -2.44. The first kappa shape index (κ1) is 15.3. The zero-order valence-corrected chi connectivity index (χ0v) is 14.3. The van der Waals surface area contributed by atoms with Gasteiger partial charge in [-0.25, -0.2) is 0 Å². The molecule has 0 spiro atoms. The summed E-state index contributed by atoms with van der Waals surface area (Å²) in [7, 11) is 0. The number of carbonyl (C=O) groups excluding carboxylic acids is 1. The molecule has 2 aliphatic rings. The van der Waals surface area contributed by atoms with Crippen LogP contribution in [0.3, 0.4) is 0 Å². The number of hydrogen-bond donors (Lipinski definition) is 1. The first-order valence-corrected chi connectivity index (χ1v) is 9.00. The summed E-state index contributed by atoms with van der Waals surface area (Å²) in [4.78, 5) is 19.4. The van der Waals surface area contributed by atoms with E-state index in [1.807, 2.05) is 30.5 Å². The molecule has 0 aliphatic heterocycles. The summed E-state index contributed by atoms with van der Waals surface area (Å²) < 4.78 is 4.78. The Bertz CT molecular complexity index is 912. The van der Waals surface area contributed by atoms with Crippen molar-refractivity contribution in [3.63, 3.8) is 0 Å². The van der Waals surface area contributed by atoms with Gasteiger partial charge in [0.15, 0.2) is 0 Å². The van der Waals surface area contributed by atoms with Crippen LogP contribution in [-0.2, 0) is 12.8 Å². The van der Waals surface area contributed by atoms with E-state index >= 15 is 0 Å². The minimum absolute atomic E-state index is 0.115. The van der Waals surface area contributed by atoms with E-state index < -0.39 is 0 Å². The van der Waals surface area contributed by atoms with Gasteiger partial charge in [-0.15, -0.1) is 0 Å². The molecule has 1 fully saturated rings. The van der Waals surface area contributed by atoms with Gasteiger partial charge in [0.05, 0.1) is 6.20 Å². The number of aromatic amines is 1. The predicted molar refractivity (Wildman–Crippen MR) is 93.3 cm³/mol. The molecule has 132 valence electrons. The number of aryl methyl sites for hydroxylation is 1. The molecule has 1 aromatic carbocycles. The smallest absolute Gasteiger partial charge is 0.254 e. The Labute approximate surface area is 150 Å². The summed E-state index contributed by atoms with van der Waals surface area (Å²) in [6.07, 6.45) is 8.22. The number of H-pyrrole nitrogens is 1. The number of fused-ring (bicyclic) bond motifs is 1. The number of nitrogens with zero attached hydrogens (tertiary/aromatic N) is 4.